The lowest BCUT2D eigenvalue weighted by Crippen LogP contribution is -2.21. The van der Waals surface area contributed by atoms with Gasteiger partial charge in [-0.05, 0) is 25.1 Å². The number of aromatic nitrogens is 3. The number of thiazole rings is 1. The molecule has 0 bridgehead atoms. The number of ether oxygens (including phenoxy) is 1. The molecule has 0 atom stereocenters. The van der Waals surface area contributed by atoms with Gasteiger partial charge in [-0.25, -0.2) is 14.8 Å². The fraction of sp³-hybridized carbons (Fsp3) is 0.0769. The summed E-state index contributed by atoms with van der Waals surface area (Å²) in [7, 11) is 0. The zero-order valence-electron chi connectivity index (χ0n) is 18.2. The van der Waals surface area contributed by atoms with Gasteiger partial charge in [-0.1, -0.05) is 60.2 Å². The quantitative estimate of drug-likeness (QED) is 0.323. The van der Waals surface area contributed by atoms with Crippen LogP contribution in [0.2, 0.25) is 0 Å². The third-order valence-corrected chi connectivity index (χ3v) is 5.98. The highest BCUT2D eigenvalue weighted by Gasteiger charge is 2.18. The molecule has 0 spiro atoms. The number of anilines is 1. The monoisotopic (exact) mass is 468 g/mol. The molecule has 2 aromatic heterocycles. The van der Waals surface area contributed by atoms with Gasteiger partial charge in [0.25, 0.3) is 5.91 Å². The maximum Gasteiger partial charge on any atom is 0.339 e. The third-order valence-electron chi connectivity index (χ3n) is 5.22. The molecular formula is C26H20N4O3S. The number of aryl methyl sites for hydroxylation is 1. The van der Waals surface area contributed by atoms with Crippen molar-refractivity contribution in [1.82, 2.24) is 15.0 Å². The van der Waals surface area contributed by atoms with Gasteiger partial charge in [0, 0.05) is 16.5 Å². The van der Waals surface area contributed by atoms with Crippen LogP contribution in [-0.4, -0.2) is 33.4 Å². The van der Waals surface area contributed by atoms with Crippen molar-refractivity contribution >= 4 is 39.4 Å². The molecule has 0 unspecified atom stereocenters. The number of amides is 1. The van der Waals surface area contributed by atoms with E-state index in [4.69, 9.17) is 4.74 Å². The minimum atomic E-state index is -0.606. The molecular weight excluding hydrogens is 448 g/mol. The molecule has 0 saturated heterocycles. The molecule has 168 valence electrons. The molecule has 5 aromatic rings. The number of carbonyl (C=O) groups is 2. The van der Waals surface area contributed by atoms with Crippen LogP contribution in [-0.2, 0) is 9.53 Å². The van der Waals surface area contributed by atoms with E-state index in [2.05, 4.69) is 20.3 Å². The van der Waals surface area contributed by atoms with E-state index in [-0.39, 0.29) is 0 Å². The lowest BCUT2D eigenvalue weighted by atomic mass is 10.1. The molecule has 0 aliphatic heterocycles. The predicted molar refractivity (Wildman–Crippen MR) is 133 cm³/mol. The number of para-hydroxylation sites is 2. The van der Waals surface area contributed by atoms with Crippen LogP contribution in [0.25, 0.3) is 33.7 Å². The summed E-state index contributed by atoms with van der Waals surface area (Å²) >= 11 is 1.31. The topological polar surface area (TPSA) is 97.0 Å². The first-order chi connectivity index (χ1) is 16.6. The normalized spacial score (nSPS) is 10.9. The van der Waals surface area contributed by atoms with E-state index in [0.717, 1.165) is 27.9 Å². The van der Waals surface area contributed by atoms with E-state index in [1.54, 1.807) is 18.2 Å². The smallest absolute Gasteiger partial charge is 0.339 e. The SMILES string of the molecule is Cc1ccc(-c2csc(NC(=O)COC(=O)c3ccccc3-c3nc4ccccc4[nH]3)n2)cc1. The Labute approximate surface area is 199 Å². The third kappa shape index (κ3) is 4.57. The number of esters is 1. The fourth-order valence-corrected chi connectivity index (χ4v) is 4.24. The van der Waals surface area contributed by atoms with Crippen molar-refractivity contribution in [2.75, 3.05) is 11.9 Å². The van der Waals surface area contributed by atoms with Crippen molar-refractivity contribution in [3.63, 3.8) is 0 Å². The number of rotatable bonds is 6. The first kappa shape index (κ1) is 21.5. The maximum absolute atomic E-state index is 12.8. The van der Waals surface area contributed by atoms with Crippen LogP contribution in [0.1, 0.15) is 15.9 Å². The van der Waals surface area contributed by atoms with Crippen molar-refractivity contribution in [2.24, 2.45) is 0 Å². The second-order valence-corrected chi connectivity index (χ2v) is 8.53. The highest BCUT2D eigenvalue weighted by atomic mass is 32.1. The summed E-state index contributed by atoms with van der Waals surface area (Å²) in [5.74, 6) is -0.505. The number of H-pyrrole nitrogens is 1. The zero-order chi connectivity index (χ0) is 23.5. The largest absolute Gasteiger partial charge is 0.452 e. The number of fused-ring (bicyclic) bond motifs is 1. The molecule has 5 rings (SSSR count). The van der Waals surface area contributed by atoms with Gasteiger partial charge in [-0.2, -0.15) is 0 Å². The van der Waals surface area contributed by atoms with E-state index >= 15 is 0 Å². The van der Waals surface area contributed by atoms with E-state index < -0.39 is 18.5 Å². The summed E-state index contributed by atoms with van der Waals surface area (Å²) in [4.78, 5) is 37.4. The second kappa shape index (κ2) is 9.29. The van der Waals surface area contributed by atoms with Gasteiger partial charge >= 0.3 is 5.97 Å². The number of benzene rings is 3. The Morgan fingerprint density at radius 3 is 2.56 bits per heavy atom. The summed E-state index contributed by atoms with van der Waals surface area (Å²) in [5, 5.41) is 5.00. The highest BCUT2D eigenvalue weighted by molar-refractivity contribution is 7.14. The number of imidazole rings is 1. The molecule has 2 heterocycles. The number of hydrogen-bond acceptors (Lipinski definition) is 6. The Hall–Kier alpha value is -4.30. The summed E-state index contributed by atoms with van der Waals surface area (Å²) in [6.45, 7) is 1.60. The molecule has 7 nitrogen and oxygen atoms in total. The van der Waals surface area contributed by atoms with Crippen molar-refractivity contribution in [3.05, 3.63) is 89.3 Å². The Morgan fingerprint density at radius 1 is 0.971 bits per heavy atom. The van der Waals surface area contributed by atoms with Crippen molar-refractivity contribution in [1.29, 1.82) is 0 Å². The van der Waals surface area contributed by atoms with Crippen LogP contribution < -0.4 is 5.32 Å². The molecule has 0 radical (unpaired) electrons. The van der Waals surface area contributed by atoms with Gasteiger partial charge in [0.05, 0.1) is 22.3 Å². The van der Waals surface area contributed by atoms with Crippen LogP contribution in [0.5, 0.6) is 0 Å². The van der Waals surface area contributed by atoms with Gasteiger partial charge in [-0.3, -0.25) is 10.1 Å². The Balaban J connectivity index is 1.24. The number of carbonyl (C=O) groups excluding carboxylic acids is 2. The Bertz CT molecular complexity index is 1450. The van der Waals surface area contributed by atoms with Crippen LogP contribution >= 0.6 is 11.3 Å². The zero-order valence-corrected chi connectivity index (χ0v) is 19.1. The molecule has 0 aliphatic rings. The molecule has 3 aromatic carbocycles. The molecule has 2 N–H and O–H groups in total. The maximum atomic E-state index is 12.8. The van der Waals surface area contributed by atoms with E-state index in [0.29, 0.717) is 22.1 Å². The summed E-state index contributed by atoms with van der Waals surface area (Å²) in [6.07, 6.45) is 0. The van der Waals surface area contributed by atoms with E-state index in [9.17, 15) is 9.59 Å². The average Bonchev–Trinajstić information content (AvgIpc) is 3.50. The average molecular weight is 469 g/mol. The van der Waals surface area contributed by atoms with Gasteiger partial charge in [-0.15, -0.1) is 11.3 Å². The van der Waals surface area contributed by atoms with Crippen LogP contribution in [0.15, 0.2) is 78.2 Å². The predicted octanol–water partition coefficient (Wildman–Crippen LogP) is 5.46. The summed E-state index contributed by atoms with van der Waals surface area (Å²) < 4.78 is 5.29. The number of hydrogen-bond donors (Lipinski definition) is 2. The highest BCUT2D eigenvalue weighted by Crippen LogP contribution is 2.26. The Kier molecular flexibility index (Phi) is 5.88. The van der Waals surface area contributed by atoms with E-state index in [1.165, 1.54) is 11.3 Å². The van der Waals surface area contributed by atoms with E-state index in [1.807, 2.05) is 66.9 Å². The molecule has 34 heavy (non-hydrogen) atoms. The summed E-state index contributed by atoms with van der Waals surface area (Å²) in [5.41, 5.74) is 5.50. The van der Waals surface area contributed by atoms with Crippen molar-refractivity contribution in [3.8, 4) is 22.6 Å². The minimum Gasteiger partial charge on any atom is -0.452 e. The molecule has 0 aliphatic carbocycles. The molecule has 0 fully saturated rings. The second-order valence-electron chi connectivity index (χ2n) is 7.68. The van der Waals surface area contributed by atoms with Crippen LogP contribution in [0.3, 0.4) is 0 Å². The van der Waals surface area contributed by atoms with Gasteiger partial charge < -0.3 is 9.72 Å². The number of nitrogens with zero attached hydrogens (tertiary/aromatic N) is 2. The standard InChI is InChI=1S/C26H20N4O3S/c1-16-10-12-17(13-11-16)22-15-34-26(29-22)30-23(31)14-33-25(32)19-7-3-2-6-18(19)24-27-20-8-4-5-9-21(20)28-24/h2-13,15H,14H2,1H3,(H,27,28)(H,29,30,31). The number of aromatic amines is 1. The lowest BCUT2D eigenvalue weighted by Gasteiger charge is -2.08. The Morgan fingerprint density at radius 2 is 1.74 bits per heavy atom. The number of nitrogens with one attached hydrogen (secondary N) is 2. The summed E-state index contributed by atoms with van der Waals surface area (Å²) in [6, 6.07) is 22.6. The van der Waals surface area contributed by atoms with Crippen molar-refractivity contribution in [2.45, 2.75) is 6.92 Å². The molecule has 8 heteroatoms. The van der Waals surface area contributed by atoms with Gasteiger partial charge in [0.15, 0.2) is 11.7 Å². The van der Waals surface area contributed by atoms with Gasteiger partial charge in [0.2, 0.25) is 0 Å². The van der Waals surface area contributed by atoms with Crippen LogP contribution in [0.4, 0.5) is 5.13 Å². The van der Waals surface area contributed by atoms with Gasteiger partial charge in [0.1, 0.15) is 5.82 Å². The first-order valence-electron chi connectivity index (χ1n) is 10.6. The van der Waals surface area contributed by atoms with Crippen molar-refractivity contribution < 1.29 is 14.3 Å². The first-order valence-corrected chi connectivity index (χ1v) is 11.5. The minimum absolute atomic E-state index is 0.324. The molecule has 1 amide bonds. The lowest BCUT2D eigenvalue weighted by molar-refractivity contribution is -0.119. The molecule has 0 saturated carbocycles. The fourth-order valence-electron chi connectivity index (χ4n) is 3.50. The van der Waals surface area contributed by atoms with Crippen LogP contribution in [0, 0.1) is 6.92 Å².